The topological polar surface area (TPSA) is 46.3 Å². The van der Waals surface area contributed by atoms with Crippen LogP contribution in [-0.4, -0.2) is 13.0 Å². The molecule has 0 unspecified atom stereocenters. The Hall–Kier alpha value is -2.36. The van der Waals surface area contributed by atoms with E-state index in [2.05, 4.69) is 6.92 Å². The van der Waals surface area contributed by atoms with Crippen molar-refractivity contribution >= 4 is 17.3 Å². The minimum Gasteiger partial charge on any atom is -0.399 e. The fourth-order valence-electron chi connectivity index (χ4n) is 2.00. The molecule has 3 nitrogen and oxygen atoms in total. The first kappa shape index (κ1) is 14.1. The summed E-state index contributed by atoms with van der Waals surface area (Å²) in [7, 11) is 1.66. The van der Waals surface area contributed by atoms with E-state index in [9.17, 15) is 9.18 Å². The normalized spacial score (nSPS) is 10.3. The third-order valence-corrected chi connectivity index (χ3v) is 3.20. The molecule has 0 heterocycles. The molecular weight excluding hydrogens is 255 g/mol. The predicted molar refractivity (Wildman–Crippen MR) is 79.4 cm³/mol. The Kier molecular flexibility index (Phi) is 4.03. The minimum atomic E-state index is -0.511. The maximum absolute atomic E-state index is 13.3. The third-order valence-electron chi connectivity index (χ3n) is 3.20. The van der Waals surface area contributed by atoms with Gasteiger partial charge in [0.15, 0.2) is 0 Å². The van der Waals surface area contributed by atoms with Gasteiger partial charge in [-0.25, -0.2) is 4.39 Å². The van der Waals surface area contributed by atoms with Crippen molar-refractivity contribution in [2.45, 2.75) is 13.3 Å². The SMILES string of the molecule is CCc1ccc(N(C)C(=O)c2cc(N)cc(F)c2)cc1. The van der Waals surface area contributed by atoms with Crippen molar-refractivity contribution in [3.05, 3.63) is 59.4 Å². The summed E-state index contributed by atoms with van der Waals surface area (Å²) in [6.45, 7) is 2.07. The Bertz CT molecular complexity index is 603. The average molecular weight is 272 g/mol. The molecule has 0 atom stereocenters. The van der Waals surface area contributed by atoms with Gasteiger partial charge >= 0.3 is 0 Å². The summed E-state index contributed by atoms with van der Waals surface area (Å²) in [4.78, 5) is 13.8. The summed E-state index contributed by atoms with van der Waals surface area (Å²) in [6, 6.07) is 11.5. The lowest BCUT2D eigenvalue weighted by atomic mass is 10.1. The first-order chi connectivity index (χ1) is 9.51. The number of amides is 1. The molecular formula is C16H17FN2O. The number of aryl methyl sites for hydroxylation is 1. The van der Waals surface area contributed by atoms with Crippen LogP contribution in [0.3, 0.4) is 0 Å². The van der Waals surface area contributed by atoms with Crippen LogP contribution >= 0.6 is 0 Å². The molecule has 0 saturated heterocycles. The number of carbonyl (C=O) groups excluding carboxylic acids is 1. The molecule has 2 rings (SSSR count). The molecule has 4 heteroatoms. The molecule has 2 aromatic carbocycles. The molecule has 2 aromatic rings. The van der Waals surface area contributed by atoms with Gasteiger partial charge in [0.25, 0.3) is 5.91 Å². The molecule has 0 aromatic heterocycles. The van der Waals surface area contributed by atoms with Crippen LogP contribution in [-0.2, 0) is 6.42 Å². The van der Waals surface area contributed by atoms with Gasteiger partial charge in [-0.2, -0.15) is 0 Å². The van der Waals surface area contributed by atoms with E-state index in [0.29, 0.717) is 0 Å². The van der Waals surface area contributed by atoms with Gasteiger partial charge in [0, 0.05) is 24.0 Å². The molecule has 0 aliphatic carbocycles. The summed E-state index contributed by atoms with van der Waals surface area (Å²) in [6.07, 6.45) is 0.943. The van der Waals surface area contributed by atoms with Crippen LogP contribution in [0.5, 0.6) is 0 Å². The second kappa shape index (κ2) is 5.74. The van der Waals surface area contributed by atoms with E-state index in [1.807, 2.05) is 24.3 Å². The monoisotopic (exact) mass is 272 g/mol. The average Bonchev–Trinajstić information content (AvgIpc) is 2.45. The number of nitrogens with zero attached hydrogens (tertiary/aromatic N) is 1. The maximum Gasteiger partial charge on any atom is 0.258 e. The number of anilines is 2. The van der Waals surface area contributed by atoms with Crippen molar-refractivity contribution in [3.8, 4) is 0 Å². The first-order valence-corrected chi connectivity index (χ1v) is 6.44. The maximum atomic E-state index is 13.3. The highest BCUT2D eigenvalue weighted by Gasteiger charge is 2.14. The van der Waals surface area contributed by atoms with E-state index in [0.717, 1.165) is 12.1 Å². The molecule has 0 aliphatic heterocycles. The number of rotatable bonds is 3. The largest absolute Gasteiger partial charge is 0.399 e. The van der Waals surface area contributed by atoms with Crippen molar-refractivity contribution < 1.29 is 9.18 Å². The number of benzene rings is 2. The van der Waals surface area contributed by atoms with Crippen LogP contribution in [0.1, 0.15) is 22.8 Å². The lowest BCUT2D eigenvalue weighted by Crippen LogP contribution is -2.26. The van der Waals surface area contributed by atoms with Crippen molar-refractivity contribution in [2.75, 3.05) is 17.7 Å². The number of hydrogen-bond donors (Lipinski definition) is 1. The Morgan fingerprint density at radius 2 is 1.85 bits per heavy atom. The highest BCUT2D eigenvalue weighted by Crippen LogP contribution is 2.18. The predicted octanol–water partition coefficient (Wildman–Crippen LogP) is 3.25. The summed E-state index contributed by atoms with van der Waals surface area (Å²) in [5, 5.41) is 0. The molecule has 0 bridgehead atoms. The number of hydrogen-bond acceptors (Lipinski definition) is 2. The fourth-order valence-corrected chi connectivity index (χ4v) is 2.00. The van der Waals surface area contributed by atoms with Crippen molar-refractivity contribution in [2.24, 2.45) is 0 Å². The van der Waals surface area contributed by atoms with E-state index in [1.54, 1.807) is 7.05 Å². The van der Waals surface area contributed by atoms with Crippen molar-refractivity contribution in [3.63, 3.8) is 0 Å². The van der Waals surface area contributed by atoms with Crippen LogP contribution in [0.4, 0.5) is 15.8 Å². The Labute approximate surface area is 117 Å². The van der Waals surface area contributed by atoms with Crippen LogP contribution in [0, 0.1) is 5.82 Å². The fraction of sp³-hybridized carbons (Fsp3) is 0.188. The highest BCUT2D eigenvalue weighted by atomic mass is 19.1. The summed E-state index contributed by atoms with van der Waals surface area (Å²) >= 11 is 0. The second-order valence-corrected chi connectivity index (χ2v) is 4.66. The smallest absolute Gasteiger partial charge is 0.258 e. The zero-order valence-corrected chi connectivity index (χ0v) is 11.6. The first-order valence-electron chi connectivity index (χ1n) is 6.44. The molecule has 104 valence electrons. The van der Waals surface area contributed by atoms with Crippen molar-refractivity contribution in [1.29, 1.82) is 0 Å². The zero-order valence-electron chi connectivity index (χ0n) is 11.6. The van der Waals surface area contributed by atoms with Gasteiger partial charge in [-0.15, -0.1) is 0 Å². The van der Waals surface area contributed by atoms with E-state index < -0.39 is 5.82 Å². The van der Waals surface area contributed by atoms with Crippen LogP contribution in [0.25, 0.3) is 0 Å². The van der Waals surface area contributed by atoms with Gasteiger partial charge in [-0.3, -0.25) is 4.79 Å². The summed E-state index contributed by atoms with van der Waals surface area (Å²) < 4.78 is 13.3. The number of halogens is 1. The van der Waals surface area contributed by atoms with Gasteiger partial charge in [-0.05, 0) is 42.3 Å². The Balaban J connectivity index is 2.27. The third kappa shape index (κ3) is 2.96. The molecule has 0 spiro atoms. The number of carbonyl (C=O) groups is 1. The van der Waals surface area contributed by atoms with Crippen LogP contribution in [0.15, 0.2) is 42.5 Å². The summed E-state index contributed by atoms with van der Waals surface area (Å²) in [5.74, 6) is -0.802. The van der Waals surface area contributed by atoms with Crippen molar-refractivity contribution in [1.82, 2.24) is 0 Å². The zero-order chi connectivity index (χ0) is 14.7. The van der Waals surface area contributed by atoms with Gasteiger partial charge in [0.05, 0.1) is 0 Å². The molecule has 0 saturated carbocycles. The van der Waals surface area contributed by atoms with Crippen LogP contribution < -0.4 is 10.6 Å². The van der Waals surface area contributed by atoms with E-state index in [1.165, 1.54) is 28.7 Å². The highest BCUT2D eigenvalue weighted by molar-refractivity contribution is 6.06. The molecule has 0 fully saturated rings. The van der Waals surface area contributed by atoms with E-state index in [-0.39, 0.29) is 17.2 Å². The summed E-state index contributed by atoms with van der Waals surface area (Å²) in [5.41, 5.74) is 8.00. The minimum absolute atomic E-state index is 0.239. The van der Waals surface area contributed by atoms with E-state index in [4.69, 9.17) is 5.73 Å². The Morgan fingerprint density at radius 1 is 1.20 bits per heavy atom. The van der Waals surface area contributed by atoms with Gasteiger partial charge in [0.1, 0.15) is 5.82 Å². The quantitative estimate of drug-likeness (QED) is 0.872. The molecule has 0 aliphatic rings. The van der Waals surface area contributed by atoms with Gasteiger partial charge in [0.2, 0.25) is 0 Å². The number of nitrogens with two attached hydrogens (primary N) is 1. The molecule has 0 radical (unpaired) electrons. The standard InChI is InChI=1S/C16H17FN2O/c1-3-11-4-6-15(7-5-11)19(2)16(20)12-8-13(17)10-14(18)9-12/h4-10H,3,18H2,1-2H3. The molecule has 2 N–H and O–H groups in total. The van der Waals surface area contributed by atoms with Gasteiger partial charge < -0.3 is 10.6 Å². The lowest BCUT2D eigenvalue weighted by Gasteiger charge is -2.18. The molecule has 20 heavy (non-hydrogen) atoms. The number of nitrogen functional groups attached to an aromatic ring is 1. The van der Waals surface area contributed by atoms with Gasteiger partial charge in [-0.1, -0.05) is 19.1 Å². The van der Waals surface area contributed by atoms with E-state index >= 15 is 0 Å². The second-order valence-electron chi connectivity index (χ2n) is 4.66. The van der Waals surface area contributed by atoms with Crippen LogP contribution in [0.2, 0.25) is 0 Å². The molecule has 1 amide bonds. The lowest BCUT2D eigenvalue weighted by molar-refractivity contribution is 0.0992. The Morgan fingerprint density at radius 3 is 2.40 bits per heavy atom.